The molecule has 3 nitrogen and oxygen atoms in total. The topological polar surface area (TPSA) is 35.5 Å². The highest BCUT2D eigenvalue weighted by Gasteiger charge is 2.30. The first-order chi connectivity index (χ1) is 8.85. The molecule has 0 aromatic rings. The molecule has 1 heterocycles. The van der Waals surface area contributed by atoms with Crippen molar-refractivity contribution < 1.29 is 5.11 Å². The van der Waals surface area contributed by atoms with E-state index in [1.165, 1.54) is 6.42 Å². The Hall–Kier alpha value is -0.120. The number of aliphatic hydroxyl groups excluding tert-OH is 1. The molecule has 0 aromatic carbocycles. The van der Waals surface area contributed by atoms with Crippen LogP contribution in [-0.4, -0.2) is 48.3 Å². The summed E-state index contributed by atoms with van der Waals surface area (Å²) < 4.78 is 0. The van der Waals surface area contributed by atoms with Gasteiger partial charge in [-0.25, -0.2) is 0 Å². The summed E-state index contributed by atoms with van der Waals surface area (Å²) in [5, 5.41) is 13.9. The summed E-state index contributed by atoms with van der Waals surface area (Å²) in [5.41, 5.74) is 0.325. The van der Waals surface area contributed by atoms with Crippen LogP contribution in [0.2, 0.25) is 0 Å². The van der Waals surface area contributed by atoms with Crippen LogP contribution in [0.5, 0.6) is 0 Å². The van der Waals surface area contributed by atoms with E-state index in [-0.39, 0.29) is 6.10 Å². The molecular formula is C16H34N2O. The van der Waals surface area contributed by atoms with Crippen molar-refractivity contribution >= 4 is 0 Å². The Labute approximate surface area is 119 Å². The SMILES string of the molecule is CCCN1CC(NCC(C)(C)C)CC(C(O)CC)C1. The third-order valence-electron chi connectivity index (χ3n) is 3.98. The van der Waals surface area contributed by atoms with Crippen LogP contribution >= 0.6 is 0 Å². The second-order valence-corrected chi connectivity index (χ2v) is 7.37. The number of likely N-dealkylation sites (tertiary alicyclic amines) is 1. The standard InChI is InChI=1S/C16H34N2O/c1-6-8-18-10-13(15(19)7-2)9-14(11-18)17-12-16(3,4)5/h13-15,17,19H,6-12H2,1-5H3. The van der Waals surface area contributed by atoms with Gasteiger partial charge >= 0.3 is 0 Å². The minimum Gasteiger partial charge on any atom is -0.393 e. The lowest BCUT2D eigenvalue weighted by molar-refractivity contribution is 0.0343. The summed E-state index contributed by atoms with van der Waals surface area (Å²) in [6.07, 6.45) is 3.04. The molecule has 3 heteroatoms. The number of aliphatic hydroxyl groups is 1. The number of hydrogen-bond acceptors (Lipinski definition) is 3. The van der Waals surface area contributed by atoms with E-state index < -0.39 is 0 Å². The van der Waals surface area contributed by atoms with E-state index in [1.807, 2.05) is 0 Å². The van der Waals surface area contributed by atoms with E-state index in [4.69, 9.17) is 0 Å². The van der Waals surface area contributed by atoms with Crippen molar-refractivity contribution in [3.63, 3.8) is 0 Å². The summed E-state index contributed by atoms with van der Waals surface area (Å²) in [4.78, 5) is 2.52. The van der Waals surface area contributed by atoms with E-state index >= 15 is 0 Å². The molecule has 1 saturated heterocycles. The second-order valence-electron chi connectivity index (χ2n) is 7.37. The maximum absolute atomic E-state index is 10.2. The van der Waals surface area contributed by atoms with Crippen LogP contribution in [0.15, 0.2) is 0 Å². The van der Waals surface area contributed by atoms with Gasteiger partial charge < -0.3 is 15.3 Å². The molecule has 19 heavy (non-hydrogen) atoms. The van der Waals surface area contributed by atoms with Crippen molar-refractivity contribution in [3.05, 3.63) is 0 Å². The van der Waals surface area contributed by atoms with Crippen molar-refractivity contribution in [1.82, 2.24) is 10.2 Å². The lowest BCUT2D eigenvalue weighted by Gasteiger charge is -2.40. The summed E-state index contributed by atoms with van der Waals surface area (Å²) >= 11 is 0. The summed E-state index contributed by atoms with van der Waals surface area (Å²) in [6.45, 7) is 15.5. The van der Waals surface area contributed by atoms with E-state index in [1.54, 1.807) is 0 Å². The normalized spacial score (nSPS) is 27.5. The van der Waals surface area contributed by atoms with Gasteiger partial charge in [0.25, 0.3) is 0 Å². The lowest BCUT2D eigenvalue weighted by Crippen LogP contribution is -2.52. The molecule has 0 amide bonds. The van der Waals surface area contributed by atoms with E-state index in [9.17, 15) is 5.11 Å². The molecule has 0 radical (unpaired) electrons. The molecule has 1 aliphatic heterocycles. The van der Waals surface area contributed by atoms with Gasteiger partial charge in [-0.15, -0.1) is 0 Å². The van der Waals surface area contributed by atoms with Crippen LogP contribution in [0.3, 0.4) is 0 Å². The Morgan fingerprint density at radius 1 is 1.26 bits per heavy atom. The summed E-state index contributed by atoms with van der Waals surface area (Å²) in [6, 6.07) is 0.533. The van der Waals surface area contributed by atoms with Crippen molar-refractivity contribution in [3.8, 4) is 0 Å². The Balaban J connectivity index is 2.54. The van der Waals surface area contributed by atoms with Gasteiger partial charge in [0.15, 0.2) is 0 Å². The first kappa shape index (κ1) is 16.9. The van der Waals surface area contributed by atoms with Crippen LogP contribution in [0.4, 0.5) is 0 Å². The predicted octanol–water partition coefficient (Wildman–Crippen LogP) is 2.49. The quantitative estimate of drug-likeness (QED) is 0.778. The molecule has 0 saturated carbocycles. The molecule has 2 N–H and O–H groups in total. The monoisotopic (exact) mass is 270 g/mol. The molecule has 1 aliphatic rings. The maximum atomic E-state index is 10.2. The Bertz CT molecular complexity index is 250. The van der Waals surface area contributed by atoms with E-state index in [0.717, 1.165) is 39.0 Å². The first-order valence-corrected chi connectivity index (χ1v) is 7.99. The minimum absolute atomic E-state index is 0.140. The summed E-state index contributed by atoms with van der Waals surface area (Å²) in [7, 11) is 0. The van der Waals surface area contributed by atoms with Gasteiger partial charge in [-0.05, 0) is 37.1 Å². The highest BCUT2D eigenvalue weighted by atomic mass is 16.3. The molecule has 1 rings (SSSR count). The highest BCUT2D eigenvalue weighted by molar-refractivity contribution is 4.87. The van der Waals surface area contributed by atoms with Crippen molar-refractivity contribution in [1.29, 1.82) is 0 Å². The van der Waals surface area contributed by atoms with Gasteiger partial charge in [0.2, 0.25) is 0 Å². The number of hydrogen-bond donors (Lipinski definition) is 2. The van der Waals surface area contributed by atoms with Gasteiger partial charge in [0.05, 0.1) is 6.10 Å². The smallest absolute Gasteiger partial charge is 0.0578 e. The third kappa shape index (κ3) is 6.24. The molecule has 0 aromatic heterocycles. The Kier molecular flexibility index (Phi) is 6.78. The number of nitrogens with one attached hydrogen (secondary N) is 1. The maximum Gasteiger partial charge on any atom is 0.0578 e. The van der Waals surface area contributed by atoms with Gasteiger partial charge in [0.1, 0.15) is 0 Å². The molecule has 3 atom stereocenters. The van der Waals surface area contributed by atoms with E-state index in [0.29, 0.717) is 17.4 Å². The average Bonchev–Trinajstić information content (AvgIpc) is 2.35. The predicted molar refractivity (Wildman–Crippen MR) is 82.4 cm³/mol. The zero-order valence-electron chi connectivity index (χ0n) is 13.6. The van der Waals surface area contributed by atoms with Gasteiger partial charge in [-0.1, -0.05) is 34.6 Å². The van der Waals surface area contributed by atoms with Crippen LogP contribution in [0.1, 0.15) is 53.9 Å². The number of nitrogens with zero attached hydrogens (tertiary/aromatic N) is 1. The fourth-order valence-corrected chi connectivity index (χ4v) is 2.94. The molecule has 3 unspecified atom stereocenters. The fourth-order valence-electron chi connectivity index (χ4n) is 2.94. The molecular weight excluding hydrogens is 236 g/mol. The first-order valence-electron chi connectivity index (χ1n) is 7.99. The molecule has 0 aliphatic carbocycles. The Morgan fingerprint density at radius 2 is 1.95 bits per heavy atom. The zero-order chi connectivity index (χ0) is 14.5. The van der Waals surface area contributed by atoms with E-state index in [2.05, 4.69) is 44.8 Å². The highest BCUT2D eigenvalue weighted by Crippen LogP contribution is 2.23. The van der Waals surface area contributed by atoms with Gasteiger partial charge in [-0.3, -0.25) is 0 Å². The largest absolute Gasteiger partial charge is 0.393 e. The molecule has 1 fully saturated rings. The minimum atomic E-state index is -0.140. The van der Waals surface area contributed by atoms with Gasteiger partial charge in [0, 0.05) is 25.7 Å². The fraction of sp³-hybridized carbons (Fsp3) is 1.00. The number of rotatable bonds is 6. The van der Waals surface area contributed by atoms with Crippen molar-refractivity contribution in [2.24, 2.45) is 11.3 Å². The lowest BCUT2D eigenvalue weighted by atomic mass is 9.87. The van der Waals surface area contributed by atoms with Gasteiger partial charge in [-0.2, -0.15) is 0 Å². The Morgan fingerprint density at radius 3 is 2.47 bits per heavy atom. The van der Waals surface area contributed by atoms with Crippen LogP contribution in [0.25, 0.3) is 0 Å². The second kappa shape index (κ2) is 7.61. The molecule has 0 spiro atoms. The third-order valence-corrected chi connectivity index (χ3v) is 3.98. The van der Waals surface area contributed by atoms with Crippen LogP contribution < -0.4 is 5.32 Å². The number of piperidine rings is 1. The summed E-state index contributed by atoms with van der Waals surface area (Å²) in [5.74, 6) is 0.433. The zero-order valence-corrected chi connectivity index (χ0v) is 13.6. The molecule has 114 valence electrons. The van der Waals surface area contributed by atoms with Crippen LogP contribution in [-0.2, 0) is 0 Å². The van der Waals surface area contributed by atoms with Crippen LogP contribution in [0, 0.1) is 11.3 Å². The molecule has 0 bridgehead atoms. The van der Waals surface area contributed by atoms with Crippen molar-refractivity contribution in [2.75, 3.05) is 26.2 Å². The average molecular weight is 270 g/mol. The van der Waals surface area contributed by atoms with Crippen molar-refractivity contribution in [2.45, 2.75) is 66.0 Å².